The summed E-state index contributed by atoms with van der Waals surface area (Å²) in [5.41, 5.74) is -1.60. The lowest BCUT2D eigenvalue weighted by Gasteiger charge is -2.14. The van der Waals surface area contributed by atoms with Crippen molar-refractivity contribution in [3.05, 3.63) is 51.0 Å². The summed E-state index contributed by atoms with van der Waals surface area (Å²) in [7, 11) is 2.76. The van der Waals surface area contributed by atoms with Gasteiger partial charge in [0, 0.05) is 5.02 Å². The number of carbonyl (C=O) groups excluding carboxylic acids is 2. The van der Waals surface area contributed by atoms with Crippen LogP contribution in [0.4, 0.5) is 18.9 Å². The Morgan fingerprint density at radius 2 is 1.69 bits per heavy atom. The fourth-order valence-corrected chi connectivity index (χ4v) is 2.97. The van der Waals surface area contributed by atoms with Gasteiger partial charge in [-0.15, -0.1) is 0 Å². The number of carbonyl (C=O) groups is 2. The SMILES string of the molecule is COc1cc(C(=O)OCC(=O)Nc2ccc(Cl)cc2C(F)(F)F)cc(OC)c1Br. The highest BCUT2D eigenvalue weighted by Crippen LogP contribution is 2.37. The molecule has 0 bridgehead atoms. The highest BCUT2D eigenvalue weighted by atomic mass is 79.9. The predicted octanol–water partition coefficient (Wildman–Crippen LogP) is 4.93. The van der Waals surface area contributed by atoms with Crippen LogP contribution in [-0.2, 0) is 15.7 Å². The Balaban J connectivity index is 2.10. The van der Waals surface area contributed by atoms with Crippen molar-refractivity contribution in [2.24, 2.45) is 0 Å². The van der Waals surface area contributed by atoms with E-state index in [4.69, 9.17) is 25.8 Å². The van der Waals surface area contributed by atoms with Gasteiger partial charge in [-0.05, 0) is 46.3 Å². The number of ether oxygens (including phenoxy) is 3. The lowest BCUT2D eigenvalue weighted by atomic mass is 10.1. The molecule has 29 heavy (non-hydrogen) atoms. The summed E-state index contributed by atoms with van der Waals surface area (Å²) < 4.78 is 54.7. The first-order valence-corrected chi connectivity index (χ1v) is 8.99. The minimum Gasteiger partial charge on any atom is -0.495 e. The normalized spacial score (nSPS) is 11.0. The van der Waals surface area contributed by atoms with Crippen molar-refractivity contribution in [1.29, 1.82) is 0 Å². The average Bonchev–Trinajstić information content (AvgIpc) is 2.66. The van der Waals surface area contributed by atoms with E-state index < -0.39 is 35.9 Å². The van der Waals surface area contributed by atoms with Crippen LogP contribution in [0, 0.1) is 0 Å². The Bertz CT molecular complexity index is 911. The van der Waals surface area contributed by atoms with E-state index in [0.29, 0.717) is 10.5 Å². The average molecular weight is 497 g/mol. The number of methoxy groups -OCH3 is 2. The summed E-state index contributed by atoms with van der Waals surface area (Å²) in [5.74, 6) is -1.27. The Kier molecular flexibility index (Phi) is 7.37. The maximum absolute atomic E-state index is 13.1. The van der Waals surface area contributed by atoms with E-state index in [1.165, 1.54) is 32.4 Å². The highest BCUT2D eigenvalue weighted by Gasteiger charge is 2.34. The number of esters is 1. The van der Waals surface area contributed by atoms with Gasteiger partial charge < -0.3 is 19.5 Å². The van der Waals surface area contributed by atoms with E-state index in [9.17, 15) is 22.8 Å². The maximum atomic E-state index is 13.1. The number of halogens is 5. The maximum Gasteiger partial charge on any atom is 0.418 e. The molecule has 2 rings (SSSR count). The summed E-state index contributed by atoms with van der Waals surface area (Å²) in [4.78, 5) is 24.2. The number of benzene rings is 2. The number of nitrogens with one attached hydrogen (secondary N) is 1. The van der Waals surface area contributed by atoms with Gasteiger partial charge in [-0.2, -0.15) is 13.2 Å². The van der Waals surface area contributed by atoms with Gasteiger partial charge in [0.05, 0.1) is 31.0 Å². The molecule has 2 aromatic carbocycles. The van der Waals surface area contributed by atoms with Crippen molar-refractivity contribution in [2.45, 2.75) is 6.18 Å². The Morgan fingerprint density at radius 1 is 1.10 bits per heavy atom. The molecule has 1 N–H and O–H groups in total. The lowest BCUT2D eigenvalue weighted by Crippen LogP contribution is -2.22. The Morgan fingerprint density at radius 3 is 2.21 bits per heavy atom. The molecule has 0 aliphatic rings. The molecule has 0 aromatic heterocycles. The zero-order chi connectivity index (χ0) is 21.8. The lowest BCUT2D eigenvalue weighted by molar-refractivity contribution is -0.137. The molecule has 0 saturated heterocycles. The van der Waals surface area contributed by atoms with Crippen LogP contribution in [0.15, 0.2) is 34.8 Å². The fourth-order valence-electron chi connectivity index (χ4n) is 2.25. The van der Waals surface area contributed by atoms with Crippen LogP contribution in [0.3, 0.4) is 0 Å². The van der Waals surface area contributed by atoms with Crippen molar-refractivity contribution in [1.82, 2.24) is 0 Å². The number of anilines is 1. The third kappa shape index (κ3) is 5.77. The zero-order valence-corrected chi connectivity index (χ0v) is 17.4. The second kappa shape index (κ2) is 9.36. The number of rotatable bonds is 6. The van der Waals surface area contributed by atoms with Crippen molar-refractivity contribution < 1.29 is 37.0 Å². The zero-order valence-electron chi connectivity index (χ0n) is 15.0. The topological polar surface area (TPSA) is 73.9 Å². The van der Waals surface area contributed by atoms with Gasteiger partial charge in [-0.3, -0.25) is 4.79 Å². The molecule has 0 atom stereocenters. The summed E-state index contributed by atoms with van der Waals surface area (Å²) in [6.45, 7) is -0.806. The van der Waals surface area contributed by atoms with E-state index >= 15 is 0 Å². The Labute approximate surface area is 177 Å². The second-order valence-corrected chi connectivity index (χ2v) is 6.74. The third-order valence-electron chi connectivity index (χ3n) is 3.58. The van der Waals surface area contributed by atoms with E-state index in [2.05, 4.69) is 21.2 Å². The predicted molar refractivity (Wildman–Crippen MR) is 103 cm³/mol. The molecule has 0 aliphatic heterocycles. The molecule has 11 heteroatoms. The summed E-state index contributed by atoms with van der Waals surface area (Å²) >= 11 is 8.83. The van der Waals surface area contributed by atoms with Gasteiger partial charge in [0.25, 0.3) is 5.91 Å². The molecule has 0 fully saturated rings. The van der Waals surface area contributed by atoms with Crippen molar-refractivity contribution in [3.8, 4) is 11.5 Å². The highest BCUT2D eigenvalue weighted by molar-refractivity contribution is 9.10. The Hall–Kier alpha value is -2.46. The molecule has 156 valence electrons. The molecule has 0 spiro atoms. The monoisotopic (exact) mass is 495 g/mol. The van der Waals surface area contributed by atoms with Crippen molar-refractivity contribution >= 4 is 45.1 Å². The summed E-state index contributed by atoms with van der Waals surface area (Å²) in [6.07, 6.45) is -4.73. The molecule has 0 unspecified atom stereocenters. The molecular formula is C18H14BrClF3NO5. The van der Waals surface area contributed by atoms with E-state index in [1.807, 2.05) is 0 Å². The largest absolute Gasteiger partial charge is 0.495 e. The first-order valence-electron chi connectivity index (χ1n) is 7.82. The number of amides is 1. The van der Waals surface area contributed by atoms with Gasteiger partial charge in [-0.25, -0.2) is 4.79 Å². The van der Waals surface area contributed by atoms with Gasteiger partial charge >= 0.3 is 12.1 Å². The minimum atomic E-state index is -4.73. The standard InChI is InChI=1S/C18H14BrClF3NO5/c1-27-13-5-9(6-14(28-2)16(13)19)17(26)29-8-15(25)24-12-4-3-10(20)7-11(12)18(21,22)23/h3-7H,8H2,1-2H3,(H,24,25). The fraction of sp³-hybridized carbons (Fsp3) is 0.222. The number of hydrogen-bond donors (Lipinski definition) is 1. The summed E-state index contributed by atoms with van der Waals surface area (Å²) in [5, 5.41) is 1.91. The molecule has 0 heterocycles. The first-order chi connectivity index (χ1) is 13.6. The molecular weight excluding hydrogens is 483 g/mol. The molecule has 0 saturated carbocycles. The van der Waals surface area contributed by atoms with Crippen LogP contribution in [0.25, 0.3) is 0 Å². The minimum absolute atomic E-state index is 0.0252. The van der Waals surface area contributed by atoms with Crippen LogP contribution in [0.1, 0.15) is 15.9 Å². The molecule has 1 amide bonds. The molecule has 6 nitrogen and oxygen atoms in total. The molecule has 2 aromatic rings. The van der Waals surface area contributed by atoms with E-state index in [-0.39, 0.29) is 22.1 Å². The third-order valence-corrected chi connectivity index (χ3v) is 4.59. The number of alkyl halides is 3. The summed E-state index contributed by atoms with van der Waals surface area (Å²) in [6, 6.07) is 5.60. The van der Waals surface area contributed by atoms with Crippen LogP contribution in [0.2, 0.25) is 5.02 Å². The smallest absolute Gasteiger partial charge is 0.418 e. The molecule has 0 radical (unpaired) electrons. The van der Waals surface area contributed by atoms with E-state index in [0.717, 1.165) is 6.07 Å². The van der Waals surface area contributed by atoms with Gasteiger partial charge in [0.2, 0.25) is 0 Å². The van der Waals surface area contributed by atoms with Gasteiger partial charge in [0.1, 0.15) is 16.0 Å². The quantitative estimate of drug-likeness (QED) is 0.574. The van der Waals surface area contributed by atoms with E-state index in [1.54, 1.807) is 0 Å². The van der Waals surface area contributed by atoms with Gasteiger partial charge in [0.15, 0.2) is 6.61 Å². The van der Waals surface area contributed by atoms with Crippen molar-refractivity contribution in [3.63, 3.8) is 0 Å². The van der Waals surface area contributed by atoms with Crippen LogP contribution in [-0.4, -0.2) is 32.7 Å². The van der Waals surface area contributed by atoms with Crippen LogP contribution >= 0.6 is 27.5 Å². The van der Waals surface area contributed by atoms with Crippen LogP contribution in [0.5, 0.6) is 11.5 Å². The van der Waals surface area contributed by atoms with Crippen molar-refractivity contribution in [2.75, 3.05) is 26.1 Å². The van der Waals surface area contributed by atoms with Gasteiger partial charge in [-0.1, -0.05) is 11.6 Å². The first kappa shape index (κ1) is 22.8. The second-order valence-electron chi connectivity index (χ2n) is 5.51. The molecule has 0 aliphatic carbocycles. The number of hydrogen-bond acceptors (Lipinski definition) is 5. The van der Waals surface area contributed by atoms with Crippen LogP contribution < -0.4 is 14.8 Å².